The van der Waals surface area contributed by atoms with E-state index in [2.05, 4.69) is 20.3 Å². The van der Waals surface area contributed by atoms with Crippen LogP contribution in [0.4, 0.5) is 0 Å². The number of rotatable bonds is 1. The van der Waals surface area contributed by atoms with Crippen molar-refractivity contribution in [3.05, 3.63) is 11.4 Å². The zero-order valence-corrected chi connectivity index (χ0v) is 7.93. The molecule has 2 rings (SSSR count). The molecule has 0 aliphatic carbocycles. The summed E-state index contributed by atoms with van der Waals surface area (Å²) in [7, 11) is 0. The Kier molecular flexibility index (Phi) is 2.45. The molecule has 2 heterocycles. The summed E-state index contributed by atoms with van der Waals surface area (Å²) in [5.41, 5.74) is 0.851. The van der Waals surface area contributed by atoms with Gasteiger partial charge >= 0.3 is 0 Å². The normalized spacial score (nSPS) is 17.1. The van der Waals surface area contributed by atoms with Gasteiger partial charge in [0.2, 0.25) is 0 Å². The van der Waals surface area contributed by atoms with Crippen LogP contribution in [0.3, 0.4) is 0 Å². The van der Waals surface area contributed by atoms with Crippen LogP contribution in [0.1, 0.15) is 16.2 Å². The SMILES string of the molecule is Cc1nonc1C(=O)N1CC[N]CC1. The quantitative estimate of drug-likeness (QED) is 0.602. The number of aryl methyl sites for hydroxylation is 1. The number of aromatic nitrogens is 2. The zero-order chi connectivity index (χ0) is 9.97. The number of carbonyl (C=O) groups excluding carboxylic acids is 1. The molecule has 1 aromatic rings. The first kappa shape index (κ1) is 9.14. The van der Waals surface area contributed by atoms with Crippen molar-refractivity contribution in [1.29, 1.82) is 0 Å². The van der Waals surface area contributed by atoms with E-state index < -0.39 is 0 Å². The monoisotopic (exact) mass is 195 g/mol. The molecule has 1 amide bonds. The van der Waals surface area contributed by atoms with Gasteiger partial charge in [-0.1, -0.05) is 5.16 Å². The van der Waals surface area contributed by atoms with Crippen LogP contribution >= 0.6 is 0 Å². The van der Waals surface area contributed by atoms with E-state index in [-0.39, 0.29) is 5.91 Å². The molecule has 1 radical (unpaired) electrons. The topological polar surface area (TPSA) is 73.3 Å². The molecule has 75 valence electrons. The van der Waals surface area contributed by atoms with Crippen LogP contribution in [0.25, 0.3) is 0 Å². The zero-order valence-electron chi connectivity index (χ0n) is 7.93. The summed E-state index contributed by atoms with van der Waals surface area (Å²) in [4.78, 5) is 13.5. The van der Waals surface area contributed by atoms with Crippen molar-refractivity contribution >= 4 is 5.91 Å². The van der Waals surface area contributed by atoms with Crippen LogP contribution in [0.15, 0.2) is 4.63 Å². The van der Waals surface area contributed by atoms with Crippen LogP contribution in [-0.2, 0) is 0 Å². The summed E-state index contributed by atoms with van der Waals surface area (Å²) in [6.45, 7) is 4.43. The third kappa shape index (κ3) is 1.60. The fourth-order valence-corrected chi connectivity index (χ4v) is 1.38. The van der Waals surface area contributed by atoms with Crippen molar-refractivity contribution in [3.8, 4) is 0 Å². The van der Waals surface area contributed by atoms with Crippen LogP contribution in [0.2, 0.25) is 0 Å². The lowest BCUT2D eigenvalue weighted by atomic mass is 10.2. The van der Waals surface area contributed by atoms with E-state index in [0.29, 0.717) is 37.6 Å². The molecular weight excluding hydrogens is 184 g/mol. The minimum atomic E-state index is -0.112. The highest BCUT2D eigenvalue weighted by Gasteiger charge is 2.23. The molecule has 6 nitrogen and oxygen atoms in total. The van der Waals surface area contributed by atoms with E-state index >= 15 is 0 Å². The van der Waals surface area contributed by atoms with Crippen molar-refractivity contribution in [2.24, 2.45) is 0 Å². The second kappa shape index (κ2) is 3.75. The first-order valence-electron chi connectivity index (χ1n) is 4.51. The Morgan fingerprint density at radius 2 is 2.07 bits per heavy atom. The summed E-state index contributed by atoms with van der Waals surface area (Å²) in [6.07, 6.45) is 0. The number of nitrogens with zero attached hydrogens (tertiary/aromatic N) is 4. The Labute approximate surface area is 81.2 Å². The molecule has 0 bridgehead atoms. The van der Waals surface area contributed by atoms with Gasteiger partial charge in [0.05, 0.1) is 0 Å². The second-order valence-electron chi connectivity index (χ2n) is 3.16. The fourth-order valence-electron chi connectivity index (χ4n) is 1.38. The molecule has 0 N–H and O–H groups in total. The Morgan fingerprint density at radius 1 is 1.36 bits per heavy atom. The molecule has 1 aliphatic heterocycles. The largest absolute Gasteiger partial charge is 0.334 e. The van der Waals surface area contributed by atoms with E-state index in [1.807, 2.05) is 0 Å². The lowest BCUT2D eigenvalue weighted by molar-refractivity contribution is 0.0722. The predicted octanol–water partition coefficient (Wildman–Crippen LogP) is -0.562. The Morgan fingerprint density at radius 3 is 2.64 bits per heavy atom. The fraction of sp³-hybridized carbons (Fsp3) is 0.625. The summed E-state index contributed by atoms with van der Waals surface area (Å²) in [5.74, 6) is -0.112. The summed E-state index contributed by atoms with van der Waals surface area (Å²) in [6, 6.07) is 0. The Balaban J connectivity index is 2.11. The van der Waals surface area contributed by atoms with E-state index in [4.69, 9.17) is 0 Å². The van der Waals surface area contributed by atoms with Crippen molar-refractivity contribution in [2.75, 3.05) is 26.2 Å². The van der Waals surface area contributed by atoms with Crippen LogP contribution in [0, 0.1) is 6.92 Å². The molecule has 0 unspecified atom stereocenters. The molecule has 14 heavy (non-hydrogen) atoms. The van der Waals surface area contributed by atoms with Gasteiger partial charge in [-0.25, -0.2) is 9.95 Å². The average Bonchev–Trinajstić information content (AvgIpc) is 2.65. The minimum absolute atomic E-state index is 0.112. The number of carbonyl (C=O) groups is 1. The maximum Gasteiger partial charge on any atom is 0.278 e. The minimum Gasteiger partial charge on any atom is -0.334 e. The highest BCUT2D eigenvalue weighted by atomic mass is 16.6. The van der Waals surface area contributed by atoms with Crippen LogP contribution < -0.4 is 5.32 Å². The summed E-state index contributed by atoms with van der Waals surface area (Å²) in [5, 5.41) is 11.3. The molecule has 1 aliphatic rings. The molecular formula is C8H11N4O2. The van der Waals surface area contributed by atoms with Gasteiger partial charge in [-0.2, -0.15) is 0 Å². The molecule has 1 fully saturated rings. The van der Waals surface area contributed by atoms with E-state index in [1.54, 1.807) is 11.8 Å². The average molecular weight is 195 g/mol. The molecule has 0 saturated carbocycles. The molecule has 0 spiro atoms. The first-order valence-corrected chi connectivity index (χ1v) is 4.51. The van der Waals surface area contributed by atoms with E-state index in [1.165, 1.54) is 0 Å². The second-order valence-corrected chi connectivity index (χ2v) is 3.16. The van der Waals surface area contributed by atoms with Gasteiger partial charge in [0.1, 0.15) is 5.69 Å². The lowest BCUT2D eigenvalue weighted by Gasteiger charge is -2.25. The van der Waals surface area contributed by atoms with Crippen molar-refractivity contribution < 1.29 is 9.42 Å². The lowest BCUT2D eigenvalue weighted by Crippen LogP contribution is -2.44. The Hall–Kier alpha value is -1.43. The highest BCUT2D eigenvalue weighted by Crippen LogP contribution is 2.06. The van der Waals surface area contributed by atoms with Gasteiger partial charge < -0.3 is 4.90 Å². The summed E-state index contributed by atoms with van der Waals surface area (Å²) < 4.78 is 4.49. The first-order chi connectivity index (χ1) is 6.79. The van der Waals surface area contributed by atoms with Crippen LogP contribution in [-0.4, -0.2) is 47.3 Å². The van der Waals surface area contributed by atoms with Crippen molar-refractivity contribution in [3.63, 3.8) is 0 Å². The molecule has 1 aromatic heterocycles. The molecule has 0 atom stereocenters. The van der Waals surface area contributed by atoms with Gasteiger partial charge in [0.25, 0.3) is 5.91 Å². The number of amides is 1. The Bertz CT molecular complexity index is 330. The van der Waals surface area contributed by atoms with Crippen molar-refractivity contribution in [2.45, 2.75) is 6.92 Å². The third-order valence-electron chi connectivity index (χ3n) is 2.20. The number of piperazine rings is 1. The smallest absolute Gasteiger partial charge is 0.278 e. The maximum atomic E-state index is 11.8. The summed E-state index contributed by atoms with van der Waals surface area (Å²) >= 11 is 0. The van der Waals surface area contributed by atoms with Gasteiger partial charge in [-0.3, -0.25) is 4.79 Å². The van der Waals surface area contributed by atoms with Crippen molar-refractivity contribution in [1.82, 2.24) is 20.5 Å². The number of hydrogen-bond acceptors (Lipinski definition) is 4. The van der Waals surface area contributed by atoms with Crippen LogP contribution in [0.5, 0.6) is 0 Å². The van der Waals surface area contributed by atoms with E-state index in [0.717, 1.165) is 0 Å². The number of hydrogen-bond donors (Lipinski definition) is 0. The molecule has 6 heteroatoms. The predicted molar refractivity (Wildman–Crippen MR) is 46.8 cm³/mol. The molecule has 1 saturated heterocycles. The maximum absolute atomic E-state index is 11.8. The molecule has 0 aromatic carbocycles. The van der Waals surface area contributed by atoms with Gasteiger partial charge in [-0.05, 0) is 12.1 Å². The van der Waals surface area contributed by atoms with Gasteiger partial charge in [0.15, 0.2) is 5.69 Å². The standard InChI is InChI=1S/C8H11N4O2/c1-6-7(11-14-10-6)8(13)12-4-2-9-3-5-12/h2-5H2,1H3. The van der Waals surface area contributed by atoms with E-state index in [9.17, 15) is 4.79 Å². The third-order valence-corrected chi connectivity index (χ3v) is 2.20. The van der Waals surface area contributed by atoms with Gasteiger partial charge in [0, 0.05) is 26.2 Å². The van der Waals surface area contributed by atoms with Gasteiger partial charge in [-0.15, -0.1) is 0 Å². The highest BCUT2D eigenvalue weighted by molar-refractivity contribution is 5.93.